The van der Waals surface area contributed by atoms with Gasteiger partial charge in [0.25, 0.3) is 0 Å². The normalized spacial score (nSPS) is 14.2. The molecule has 17 heavy (non-hydrogen) atoms. The third-order valence-electron chi connectivity index (χ3n) is 3.75. The Labute approximate surface area is 103 Å². The number of methoxy groups -OCH3 is 1. The molecular weight excluding hydrogens is 212 g/mol. The summed E-state index contributed by atoms with van der Waals surface area (Å²) in [4.78, 5) is 10.5. The highest BCUT2D eigenvalue weighted by molar-refractivity contribution is 5.54. The maximum Gasteiger partial charge on any atom is 0.122 e. The van der Waals surface area contributed by atoms with Crippen LogP contribution in [-0.2, 0) is 24.1 Å². The van der Waals surface area contributed by atoms with Crippen LogP contribution in [-0.4, -0.2) is 13.4 Å². The molecule has 0 fully saturated rings. The highest BCUT2D eigenvalue weighted by Gasteiger charge is 2.17. The second-order valence-electron chi connectivity index (χ2n) is 4.73. The number of hydrogen-bond donors (Lipinski definition) is 0. The third kappa shape index (κ3) is 2.36. The lowest BCUT2D eigenvalue weighted by Gasteiger charge is -2.22. The second kappa shape index (κ2) is 5.35. The maximum atomic E-state index is 10.5. The second-order valence-corrected chi connectivity index (χ2v) is 4.73. The molecule has 0 amide bonds. The predicted octanol–water partition coefficient (Wildman–Crippen LogP) is 3.01. The minimum atomic E-state index is 0.579. The van der Waals surface area contributed by atoms with Crippen LogP contribution in [0.5, 0.6) is 5.75 Å². The minimum Gasteiger partial charge on any atom is -0.496 e. The van der Waals surface area contributed by atoms with E-state index in [-0.39, 0.29) is 0 Å². The summed E-state index contributed by atoms with van der Waals surface area (Å²) in [5.74, 6) is 0.963. The van der Waals surface area contributed by atoms with Crippen LogP contribution in [0, 0.1) is 6.92 Å². The fourth-order valence-corrected chi connectivity index (χ4v) is 2.82. The minimum absolute atomic E-state index is 0.579. The highest BCUT2D eigenvalue weighted by atomic mass is 16.5. The molecule has 1 aromatic rings. The Morgan fingerprint density at radius 1 is 1.35 bits per heavy atom. The Hall–Kier alpha value is -1.31. The molecule has 2 rings (SSSR count). The Morgan fingerprint density at radius 2 is 2.12 bits per heavy atom. The van der Waals surface area contributed by atoms with Crippen molar-refractivity contribution in [3.63, 3.8) is 0 Å². The van der Waals surface area contributed by atoms with Crippen LogP contribution < -0.4 is 4.74 Å². The van der Waals surface area contributed by atoms with Crippen LogP contribution in [0.15, 0.2) is 6.07 Å². The molecule has 0 heterocycles. The smallest absolute Gasteiger partial charge is 0.122 e. The van der Waals surface area contributed by atoms with Crippen molar-refractivity contribution in [3.8, 4) is 5.75 Å². The summed E-state index contributed by atoms with van der Waals surface area (Å²) < 4.78 is 5.47. The quantitative estimate of drug-likeness (QED) is 0.746. The maximum absolute atomic E-state index is 10.5. The Bertz CT molecular complexity index is 421. The number of fused-ring (bicyclic) bond motifs is 1. The number of carbonyl (C=O) groups is 1. The van der Waals surface area contributed by atoms with Gasteiger partial charge in [0.05, 0.1) is 7.11 Å². The fraction of sp³-hybridized carbons (Fsp3) is 0.533. The number of ether oxygens (including phenoxy) is 1. The standard InChI is InChI=1S/C15H20O2/c1-11-13-7-4-3-6-12(13)10-15(17-2)14(11)8-5-9-16/h9-10H,3-8H2,1-2H3. The Morgan fingerprint density at radius 3 is 2.82 bits per heavy atom. The summed E-state index contributed by atoms with van der Waals surface area (Å²) in [6.07, 6.45) is 7.27. The van der Waals surface area contributed by atoms with E-state index in [4.69, 9.17) is 4.74 Å². The van der Waals surface area contributed by atoms with Crippen molar-refractivity contribution in [2.24, 2.45) is 0 Å². The molecule has 0 aliphatic heterocycles. The van der Waals surface area contributed by atoms with E-state index in [1.807, 2.05) is 0 Å². The van der Waals surface area contributed by atoms with E-state index in [0.29, 0.717) is 6.42 Å². The number of aryl methyl sites for hydroxylation is 1. The van der Waals surface area contributed by atoms with Crippen molar-refractivity contribution in [2.75, 3.05) is 7.11 Å². The van der Waals surface area contributed by atoms with Gasteiger partial charge in [-0.15, -0.1) is 0 Å². The van der Waals surface area contributed by atoms with Crippen LogP contribution in [0.4, 0.5) is 0 Å². The molecule has 0 radical (unpaired) electrons. The molecule has 0 unspecified atom stereocenters. The molecule has 2 nitrogen and oxygen atoms in total. The summed E-state index contributed by atoms with van der Waals surface area (Å²) in [5.41, 5.74) is 5.51. The number of rotatable bonds is 4. The molecule has 1 aliphatic rings. The van der Waals surface area contributed by atoms with Gasteiger partial charge in [-0.2, -0.15) is 0 Å². The lowest BCUT2D eigenvalue weighted by molar-refractivity contribution is -0.107. The van der Waals surface area contributed by atoms with E-state index in [9.17, 15) is 4.79 Å². The molecule has 2 heteroatoms. The van der Waals surface area contributed by atoms with E-state index in [2.05, 4.69) is 13.0 Å². The van der Waals surface area contributed by atoms with Gasteiger partial charge in [0, 0.05) is 6.42 Å². The lowest BCUT2D eigenvalue weighted by atomic mass is 9.85. The zero-order valence-corrected chi connectivity index (χ0v) is 10.7. The molecule has 0 saturated heterocycles. The summed E-state index contributed by atoms with van der Waals surface area (Å²) in [5, 5.41) is 0. The summed E-state index contributed by atoms with van der Waals surface area (Å²) >= 11 is 0. The zero-order chi connectivity index (χ0) is 12.3. The van der Waals surface area contributed by atoms with Crippen LogP contribution in [0.3, 0.4) is 0 Å². The van der Waals surface area contributed by atoms with Crippen molar-refractivity contribution in [2.45, 2.75) is 45.4 Å². The van der Waals surface area contributed by atoms with Crippen molar-refractivity contribution < 1.29 is 9.53 Å². The van der Waals surface area contributed by atoms with E-state index >= 15 is 0 Å². The predicted molar refractivity (Wildman–Crippen MR) is 68.8 cm³/mol. The largest absolute Gasteiger partial charge is 0.496 e. The molecule has 0 N–H and O–H groups in total. The summed E-state index contributed by atoms with van der Waals surface area (Å²) in [6, 6.07) is 2.18. The Balaban J connectivity index is 2.44. The van der Waals surface area contributed by atoms with Gasteiger partial charge in [0.1, 0.15) is 12.0 Å². The van der Waals surface area contributed by atoms with Gasteiger partial charge in [0.2, 0.25) is 0 Å². The molecule has 92 valence electrons. The van der Waals surface area contributed by atoms with Gasteiger partial charge in [-0.3, -0.25) is 0 Å². The van der Waals surface area contributed by atoms with Gasteiger partial charge in [-0.25, -0.2) is 0 Å². The number of benzene rings is 1. The third-order valence-corrected chi connectivity index (χ3v) is 3.75. The average molecular weight is 232 g/mol. The fourth-order valence-electron chi connectivity index (χ4n) is 2.82. The van der Waals surface area contributed by atoms with Crippen LogP contribution >= 0.6 is 0 Å². The average Bonchev–Trinajstić information content (AvgIpc) is 2.37. The first kappa shape index (κ1) is 12.2. The van der Waals surface area contributed by atoms with Crippen molar-refractivity contribution in [1.29, 1.82) is 0 Å². The first-order valence-electron chi connectivity index (χ1n) is 6.39. The molecule has 1 aliphatic carbocycles. The van der Waals surface area contributed by atoms with E-state index < -0.39 is 0 Å². The molecule has 0 spiro atoms. The van der Waals surface area contributed by atoms with Crippen molar-refractivity contribution in [1.82, 2.24) is 0 Å². The van der Waals surface area contributed by atoms with Gasteiger partial charge in [-0.05, 0) is 67.3 Å². The van der Waals surface area contributed by atoms with E-state index in [0.717, 1.165) is 18.5 Å². The number of carbonyl (C=O) groups excluding carboxylic acids is 1. The lowest BCUT2D eigenvalue weighted by Crippen LogP contribution is -2.09. The molecule has 0 bridgehead atoms. The Kier molecular flexibility index (Phi) is 3.82. The molecular formula is C15H20O2. The SMILES string of the molecule is COc1cc2c(c(C)c1CCC=O)CCCC2. The monoisotopic (exact) mass is 232 g/mol. The number of aldehydes is 1. The van der Waals surface area contributed by atoms with Gasteiger partial charge < -0.3 is 9.53 Å². The first-order chi connectivity index (χ1) is 8.27. The van der Waals surface area contributed by atoms with Gasteiger partial charge in [-0.1, -0.05) is 0 Å². The molecule has 0 aromatic heterocycles. The van der Waals surface area contributed by atoms with Crippen molar-refractivity contribution in [3.05, 3.63) is 28.3 Å². The molecule has 1 aromatic carbocycles. The summed E-state index contributed by atoms with van der Waals surface area (Å²) in [6.45, 7) is 2.17. The highest BCUT2D eigenvalue weighted by Crippen LogP contribution is 2.33. The van der Waals surface area contributed by atoms with Crippen LogP contribution in [0.2, 0.25) is 0 Å². The molecule has 0 atom stereocenters. The first-order valence-corrected chi connectivity index (χ1v) is 6.39. The van der Waals surface area contributed by atoms with Crippen LogP contribution in [0.25, 0.3) is 0 Å². The van der Waals surface area contributed by atoms with E-state index in [1.165, 1.54) is 47.9 Å². The van der Waals surface area contributed by atoms with Crippen LogP contribution in [0.1, 0.15) is 41.5 Å². The number of hydrogen-bond acceptors (Lipinski definition) is 2. The topological polar surface area (TPSA) is 26.3 Å². The van der Waals surface area contributed by atoms with Gasteiger partial charge in [0.15, 0.2) is 0 Å². The zero-order valence-electron chi connectivity index (χ0n) is 10.7. The molecule has 0 saturated carbocycles. The van der Waals surface area contributed by atoms with E-state index in [1.54, 1.807) is 7.11 Å². The van der Waals surface area contributed by atoms with Crippen molar-refractivity contribution >= 4 is 6.29 Å². The van der Waals surface area contributed by atoms with Gasteiger partial charge >= 0.3 is 0 Å². The summed E-state index contributed by atoms with van der Waals surface area (Å²) in [7, 11) is 1.72.